The molecule has 1 aliphatic heterocycles. The number of nitrogens with zero attached hydrogens (tertiary/aromatic N) is 1. The first-order valence-corrected chi connectivity index (χ1v) is 9.33. The van der Waals surface area contributed by atoms with E-state index in [0.29, 0.717) is 28.7 Å². The molecule has 1 saturated heterocycles. The first-order valence-electron chi connectivity index (χ1n) is 6.99. The molecule has 22 heavy (non-hydrogen) atoms. The van der Waals surface area contributed by atoms with Gasteiger partial charge < -0.3 is 10.6 Å². The summed E-state index contributed by atoms with van der Waals surface area (Å²) in [5.74, 6) is 0.0938. The van der Waals surface area contributed by atoms with Gasteiger partial charge in [0.25, 0.3) is 5.91 Å². The van der Waals surface area contributed by atoms with Crippen LogP contribution in [0.3, 0.4) is 0 Å². The van der Waals surface area contributed by atoms with Gasteiger partial charge in [-0.1, -0.05) is 15.9 Å². The van der Waals surface area contributed by atoms with Gasteiger partial charge in [0.05, 0.1) is 4.90 Å². The Morgan fingerprint density at radius 2 is 2.09 bits per heavy atom. The zero-order valence-corrected chi connectivity index (χ0v) is 14.9. The van der Waals surface area contributed by atoms with Crippen LogP contribution in [0.25, 0.3) is 0 Å². The lowest BCUT2D eigenvalue weighted by Gasteiger charge is -2.23. The van der Waals surface area contributed by atoms with Crippen molar-refractivity contribution in [3.8, 4) is 0 Å². The van der Waals surface area contributed by atoms with Crippen molar-refractivity contribution in [2.75, 3.05) is 13.1 Å². The summed E-state index contributed by atoms with van der Waals surface area (Å²) in [5, 5.41) is 5.23. The number of nitrogens with two attached hydrogens (primary N) is 2. The maximum absolute atomic E-state index is 12.8. The first-order chi connectivity index (χ1) is 10.1. The van der Waals surface area contributed by atoms with Crippen molar-refractivity contribution >= 4 is 31.9 Å². The van der Waals surface area contributed by atoms with Crippen molar-refractivity contribution in [2.24, 2.45) is 16.8 Å². The second-order valence-electron chi connectivity index (χ2n) is 5.77. The highest BCUT2D eigenvalue weighted by atomic mass is 79.9. The molecule has 1 aromatic carbocycles. The van der Waals surface area contributed by atoms with Crippen molar-refractivity contribution in [3.63, 3.8) is 0 Å². The Morgan fingerprint density at radius 1 is 1.45 bits per heavy atom. The second-order valence-corrected chi connectivity index (χ2v) is 8.21. The molecule has 6 nitrogen and oxygen atoms in total. The normalized spacial score (nSPS) is 22.1. The molecule has 4 N–H and O–H groups in total. The zero-order chi connectivity index (χ0) is 16.7. The van der Waals surface area contributed by atoms with Gasteiger partial charge in [-0.05, 0) is 50.4 Å². The van der Waals surface area contributed by atoms with Gasteiger partial charge in [-0.2, -0.15) is 0 Å². The molecule has 8 heteroatoms. The molecular formula is C14H20BrN3O3S. The van der Waals surface area contributed by atoms with Gasteiger partial charge in [0.2, 0.25) is 10.0 Å². The number of rotatable bonds is 3. The number of halogens is 1. The molecule has 2 unspecified atom stereocenters. The van der Waals surface area contributed by atoms with E-state index in [-0.39, 0.29) is 22.8 Å². The van der Waals surface area contributed by atoms with Crippen LogP contribution in [0.5, 0.6) is 0 Å². The van der Waals surface area contributed by atoms with Crippen LogP contribution in [0.4, 0.5) is 0 Å². The summed E-state index contributed by atoms with van der Waals surface area (Å²) >= 11 is 3.25. The minimum Gasteiger partial charge on any atom is -0.336 e. The van der Waals surface area contributed by atoms with Crippen molar-refractivity contribution in [3.05, 3.63) is 27.7 Å². The predicted molar refractivity (Wildman–Crippen MR) is 87.9 cm³/mol. The molecule has 1 aliphatic rings. The third-order valence-corrected chi connectivity index (χ3v) is 5.61. The quantitative estimate of drug-likeness (QED) is 0.809. The molecule has 2 rings (SSSR count). The Labute approximate surface area is 139 Å². The Kier molecular flexibility index (Phi) is 4.96. The zero-order valence-electron chi connectivity index (χ0n) is 12.5. The lowest BCUT2D eigenvalue weighted by Crippen LogP contribution is -2.35. The molecule has 2 atom stereocenters. The highest BCUT2D eigenvalue weighted by Gasteiger charge is 2.33. The molecule has 0 saturated carbocycles. The molecule has 0 aliphatic carbocycles. The average molecular weight is 390 g/mol. The Bertz CT molecular complexity index is 706. The number of hydrogen-bond acceptors (Lipinski definition) is 4. The van der Waals surface area contributed by atoms with E-state index >= 15 is 0 Å². The fourth-order valence-electron chi connectivity index (χ4n) is 2.92. The molecule has 1 heterocycles. The second kappa shape index (κ2) is 6.27. The van der Waals surface area contributed by atoms with Crippen LogP contribution in [0.15, 0.2) is 21.5 Å². The van der Waals surface area contributed by atoms with Crippen LogP contribution in [-0.2, 0) is 10.0 Å². The van der Waals surface area contributed by atoms with E-state index in [2.05, 4.69) is 15.9 Å². The van der Waals surface area contributed by atoms with Crippen molar-refractivity contribution in [1.82, 2.24) is 4.90 Å². The highest BCUT2D eigenvalue weighted by Crippen LogP contribution is 2.29. The summed E-state index contributed by atoms with van der Waals surface area (Å²) in [6.45, 7) is 4.70. The van der Waals surface area contributed by atoms with Crippen LogP contribution < -0.4 is 10.9 Å². The molecule has 1 fully saturated rings. The lowest BCUT2D eigenvalue weighted by atomic mass is 10.1. The molecular weight excluding hydrogens is 370 g/mol. The number of hydrogen-bond donors (Lipinski definition) is 2. The van der Waals surface area contributed by atoms with Crippen LogP contribution in [-0.4, -0.2) is 38.4 Å². The number of amides is 1. The maximum atomic E-state index is 12.8. The van der Waals surface area contributed by atoms with Gasteiger partial charge >= 0.3 is 0 Å². The van der Waals surface area contributed by atoms with Crippen molar-refractivity contribution < 1.29 is 13.2 Å². The third-order valence-electron chi connectivity index (χ3n) is 4.12. The minimum atomic E-state index is -3.89. The summed E-state index contributed by atoms with van der Waals surface area (Å²) in [7, 11) is -3.89. The maximum Gasteiger partial charge on any atom is 0.254 e. The summed E-state index contributed by atoms with van der Waals surface area (Å²) in [4.78, 5) is 14.5. The SMILES string of the molecule is Cc1c(C(=O)N2CC(CN)CC2C)cc(Br)cc1S(N)(=O)=O. The third kappa shape index (κ3) is 3.34. The van der Waals surface area contributed by atoms with Crippen molar-refractivity contribution in [2.45, 2.75) is 31.2 Å². The first kappa shape index (κ1) is 17.4. The van der Waals surface area contributed by atoms with E-state index in [1.165, 1.54) is 6.07 Å². The van der Waals surface area contributed by atoms with Gasteiger partial charge in [-0.3, -0.25) is 4.79 Å². The van der Waals surface area contributed by atoms with Gasteiger partial charge in [0.1, 0.15) is 0 Å². The minimum absolute atomic E-state index is 0.0348. The van der Waals surface area contributed by atoms with Crippen LogP contribution in [0.1, 0.15) is 29.3 Å². The fourth-order valence-corrected chi connectivity index (χ4v) is 4.36. The van der Waals surface area contributed by atoms with Crippen LogP contribution in [0.2, 0.25) is 0 Å². The number of carbonyl (C=O) groups is 1. The molecule has 122 valence electrons. The van der Waals surface area contributed by atoms with E-state index in [0.717, 1.165) is 6.42 Å². The predicted octanol–water partition coefficient (Wildman–Crippen LogP) is 1.21. The van der Waals surface area contributed by atoms with Crippen molar-refractivity contribution in [1.29, 1.82) is 0 Å². The average Bonchev–Trinajstić information content (AvgIpc) is 2.80. The summed E-state index contributed by atoms with van der Waals surface area (Å²) in [6, 6.07) is 3.13. The van der Waals surface area contributed by atoms with E-state index in [4.69, 9.17) is 10.9 Å². The number of sulfonamides is 1. The Balaban J connectivity index is 2.45. The van der Waals surface area contributed by atoms with E-state index < -0.39 is 10.0 Å². The van der Waals surface area contributed by atoms with Crippen LogP contribution in [0, 0.1) is 12.8 Å². The fraction of sp³-hybridized carbons (Fsp3) is 0.500. The summed E-state index contributed by atoms with van der Waals surface area (Å²) in [6.07, 6.45) is 0.858. The number of primary sulfonamides is 1. The molecule has 0 aromatic heterocycles. The van der Waals surface area contributed by atoms with Gasteiger partial charge in [0, 0.05) is 22.6 Å². The summed E-state index contributed by atoms with van der Waals surface area (Å²) in [5.41, 5.74) is 6.42. The standard InChI is InChI=1S/C14H20BrN3O3S/c1-8-3-10(6-16)7-18(8)14(19)12-4-11(15)5-13(9(12)2)22(17,20)21/h4-5,8,10H,3,6-7,16H2,1-2H3,(H2,17,20,21). The van der Waals surface area contributed by atoms with Gasteiger partial charge in [-0.25, -0.2) is 13.6 Å². The van der Waals surface area contributed by atoms with Crippen LogP contribution >= 0.6 is 15.9 Å². The molecule has 0 radical (unpaired) electrons. The number of likely N-dealkylation sites (tertiary alicyclic amines) is 1. The lowest BCUT2D eigenvalue weighted by molar-refractivity contribution is 0.0742. The summed E-state index contributed by atoms with van der Waals surface area (Å²) < 4.78 is 23.9. The van der Waals surface area contributed by atoms with E-state index in [1.54, 1.807) is 17.9 Å². The highest BCUT2D eigenvalue weighted by molar-refractivity contribution is 9.10. The smallest absolute Gasteiger partial charge is 0.254 e. The largest absolute Gasteiger partial charge is 0.336 e. The Morgan fingerprint density at radius 3 is 2.59 bits per heavy atom. The van der Waals surface area contributed by atoms with Gasteiger partial charge in [0.15, 0.2) is 0 Å². The molecule has 1 amide bonds. The topological polar surface area (TPSA) is 106 Å². The number of carbonyl (C=O) groups excluding carboxylic acids is 1. The number of benzene rings is 1. The van der Waals surface area contributed by atoms with E-state index in [9.17, 15) is 13.2 Å². The monoisotopic (exact) mass is 389 g/mol. The van der Waals surface area contributed by atoms with E-state index in [1.807, 2.05) is 6.92 Å². The molecule has 0 bridgehead atoms. The molecule has 1 aromatic rings. The molecule has 0 spiro atoms. The van der Waals surface area contributed by atoms with Gasteiger partial charge in [-0.15, -0.1) is 0 Å². The Hall–Kier alpha value is -0.960.